The number of methoxy groups -OCH3 is 1. The minimum absolute atomic E-state index is 0.133. The van der Waals surface area contributed by atoms with Crippen molar-refractivity contribution < 1.29 is 14.2 Å². The third-order valence-electron chi connectivity index (χ3n) is 2.98. The molecule has 2 rings (SSSR count). The second-order valence-corrected chi connectivity index (χ2v) is 4.65. The minimum atomic E-state index is 0.133. The van der Waals surface area contributed by atoms with Crippen LogP contribution in [0.1, 0.15) is 18.4 Å². The van der Waals surface area contributed by atoms with Gasteiger partial charge in [0.25, 0.3) is 0 Å². The van der Waals surface area contributed by atoms with E-state index in [0.717, 1.165) is 31.6 Å². The van der Waals surface area contributed by atoms with Gasteiger partial charge in [0, 0.05) is 19.4 Å². The molecule has 100 valence electrons. The summed E-state index contributed by atoms with van der Waals surface area (Å²) in [5.74, 6) is 1.23. The Bertz CT molecular complexity index is 405. The molecule has 0 aliphatic carbocycles. The zero-order valence-electron chi connectivity index (χ0n) is 10.4. The first kappa shape index (κ1) is 13.5. The van der Waals surface area contributed by atoms with Crippen molar-refractivity contribution in [1.82, 2.24) is 0 Å². The summed E-state index contributed by atoms with van der Waals surface area (Å²) in [5, 5.41) is 0.543. The molecular formula is C13H18ClNO3. The van der Waals surface area contributed by atoms with Crippen LogP contribution in [0.25, 0.3) is 0 Å². The number of hydrogen-bond donors (Lipinski definition) is 1. The van der Waals surface area contributed by atoms with Crippen LogP contribution in [0.3, 0.4) is 0 Å². The van der Waals surface area contributed by atoms with E-state index in [1.807, 2.05) is 12.1 Å². The van der Waals surface area contributed by atoms with Crippen molar-refractivity contribution in [1.29, 1.82) is 0 Å². The van der Waals surface area contributed by atoms with Crippen LogP contribution in [0.5, 0.6) is 11.5 Å². The van der Waals surface area contributed by atoms with Gasteiger partial charge in [-0.25, -0.2) is 0 Å². The lowest BCUT2D eigenvalue weighted by Gasteiger charge is -2.25. The number of nitrogens with two attached hydrogens (primary N) is 1. The van der Waals surface area contributed by atoms with Crippen molar-refractivity contribution in [3.63, 3.8) is 0 Å². The van der Waals surface area contributed by atoms with E-state index in [9.17, 15) is 0 Å². The average molecular weight is 272 g/mol. The third-order valence-corrected chi connectivity index (χ3v) is 3.26. The van der Waals surface area contributed by atoms with Crippen molar-refractivity contribution in [2.75, 3.05) is 20.3 Å². The molecule has 1 heterocycles. The van der Waals surface area contributed by atoms with Gasteiger partial charge in [-0.2, -0.15) is 0 Å². The molecule has 1 aromatic carbocycles. The molecule has 1 aliphatic rings. The van der Waals surface area contributed by atoms with E-state index in [1.54, 1.807) is 7.11 Å². The highest BCUT2D eigenvalue weighted by atomic mass is 35.5. The fourth-order valence-corrected chi connectivity index (χ4v) is 2.24. The molecule has 0 radical (unpaired) electrons. The van der Waals surface area contributed by atoms with E-state index in [1.165, 1.54) is 0 Å². The Hall–Kier alpha value is -0.970. The van der Waals surface area contributed by atoms with Gasteiger partial charge in [-0.15, -0.1) is 0 Å². The lowest BCUT2D eigenvalue weighted by atomic mass is 10.1. The molecule has 1 saturated heterocycles. The van der Waals surface area contributed by atoms with Gasteiger partial charge in [0.2, 0.25) is 0 Å². The molecule has 0 bridgehead atoms. The van der Waals surface area contributed by atoms with Gasteiger partial charge in [0.1, 0.15) is 6.10 Å². The van der Waals surface area contributed by atoms with E-state index in [2.05, 4.69) is 0 Å². The first-order chi connectivity index (χ1) is 8.74. The number of rotatable bonds is 4. The third kappa shape index (κ3) is 3.07. The van der Waals surface area contributed by atoms with Gasteiger partial charge in [0.05, 0.1) is 25.3 Å². The number of halogens is 1. The SMILES string of the molecule is COc1cc(CN)cc(Cl)c1OC1CCOCC1. The first-order valence-corrected chi connectivity index (χ1v) is 6.43. The Morgan fingerprint density at radius 3 is 2.72 bits per heavy atom. The van der Waals surface area contributed by atoms with Crippen LogP contribution < -0.4 is 15.2 Å². The Balaban J connectivity index is 2.19. The summed E-state index contributed by atoms with van der Waals surface area (Å²) in [6, 6.07) is 3.68. The molecular weight excluding hydrogens is 254 g/mol. The maximum Gasteiger partial charge on any atom is 0.180 e. The van der Waals surface area contributed by atoms with Crippen LogP contribution >= 0.6 is 11.6 Å². The fourth-order valence-electron chi connectivity index (χ4n) is 1.97. The lowest BCUT2D eigenvalue weighted by Crippen LogP contribution is -2.26. The molecule has 4 nitrogen and oxygen atoms in total. The van der Waals surface area contributed by atoms with Crippen LogP contribution in [0, 0.1) is 0 Å². The zero-order chi connectivity index (χ0) is 13.0. The first-order valence-electron chi connectivity index (χ1n) is 6.05. The van der Waals surface area contributed by atoms with Crippen molar-refractivity contribution in [3.8, 4) is 11.5 Å². The van der Waals surface area contributed by atoms with Gasteiger partial charge in [0.15, 0.2) is 11.5 Å². The van der Waals surface area contributed by atoms with Crippen LogP contribution in [0.15, 0.2) is 12.1 Å². The van der Waals surface area contributed by atoms with E-state index < -0.39 is 0 Å². The van der Waals surface area contributed by atoms with Crippen molar-refractivity contribution in [2.24, 2.45) is 5.73 Å². The van der Waals surface area contributed by atoms with Crippen LogP contribution in [-0.4, -0.2) is 26.4 Å². The zero-order valence-corrected chi connectivity index (χ0v) is 11.2. The molecule has 0 amide bonds. The van der Waals surface area contributed by atoms with Crippen LogP contribution in [-0.2, 0) is 11.3 Å². The predicted molar refractivity (Wildman–Crippen MR) is 70.4 cm³/mol. The summed E-state index contributed by atoms with van der Waals surface area (Å²) in [7, 11) is 1.60. The highest BCUT2D eigenvalue weighted by Gasteiger charge is 2.19. The second kappa shape index (κ2) is 6.27. The molecule has 0 saturated carbocycles. The Kier molecular flexibility index (Phi) is 4.69. The molecule has 1 fully saturated rings. The van der Waals surface area contributed by atoms with Gasteiger partial charge < -0.3 is 19.9 Å². The van der Waals surface area contributed by atoms with Crippen molar-refractivity contribution >= 4 is 11.6 Å². The lowest BCUT2D eigenvalue weighted by molar-refractivity contribution is 0.0246. The fraction of sp³-hybridized carbons (Fsp3) is 0.538. The van der Waals surface area contributed by atoms with E-state index in [4.69, 9.17) is 31.5 Å². The largest absolute Gasteiger partial charge is 0.493 e. The second-order valence-electron chi connectivity index (χ2n) is 4.24. The maximum absolute atomic E-state index is 6.22. The van der Waals surface area contributed by atoms with Gasteiger partial charge in [-0.3, -0.25) is 0 Å². The monoisotopic (exact) mass is 271 g/mol. The van der Waals surface area contributed by atoms with Gasteiger partial charge >= 0.3 is 0 Å². The molecule has 2 N–H and O–H groups in total. The normalized spacial score (nSPS) is 16.6. The Labute approximate surface area is 112 Å². The van der Waals surface area contributed by atoms with E-state index in [0.29, 0.717) is 23.1 Å². The van der Waals surface area contributed by atoms with Gasteiger partial charge in [-0.1, -0.05) is 11.6 Å². The molecule has 1 aromatic rings. The molecule has 0 unspecified atom stereocenters. The number of benzene rings is 1. The summed E-state index contributed by atoms with van der Waals surface area (Å²) in [4.78, 5) is 0. The summed E-state index contributed by atoms with van der Waals surface area (Å²) >= 11 is 6.22. The highest BCUT2D eigenvalue weighted by molar-refractivity contribution is 6.32. The maximum atomic E-state index is 6.22. The number of ether oxygens (including phenoxy) is 3. The quantitative estimate of drug-likeness (QED) is 0.913. The smallest absolute Gasteiger partial charge is 0.180 e. The summed E-state index contributed by atoms with van der Waals surface area (Å²) in [6.45, 7) is 1.88. The molecule has 0 spiro atoms. The standard InChI is InChI=1S/C13H18ClNO3/c1-16-12-7-9(8-15)6-11(14)13(12)18-10-2-4-17-5-3-10/h6-7,10H,2-5,8,15H2,1H3. The van der Waals surface area contributed by atoms with Crippen LogP contribution in [0.2, 0.25) is 5.02 Å². The van der Waals surface area contributed by atoms with Crippen LogP contribution in [0.4, 0.5) is 0 Å². The summed E-state index contributed by atoms with van der Waals surface area (Å²) in [6.07, 6.45) is 1.88. The topological polar surface area (TPSA) is 53.7 Å². The predicted octanol–water partition coefficient (Wildman–Crippen LogP) is 2.37. The molecule has 5 heteroatoms. The molecule has 18 heavy (non-hydrogen) atoms. The van der Waals surface area contributed by atoms with Gasteiger partial charge in [-0.05, 0) is 17.7 Å². The number of hydrogen-bond acceptors (Lipinski definition) is 4. The molecule has 1 aliphatic heterocycles. The van der Waals surface area contributed by atoms with E-state index >= 15 is 0 Å². The van der Waals surface area contributed by atoms with Crippen molar-refractivity contribution in [3.05, 3.63) is 22.7 Å². The Morgan fingerprint density at radius 2 is 2.11 bits per heavy atom. The average Bonchev–Trinajstić information content (AvgIpc) is 2.42. The summed E-state index contributed by atoms with van der Waals surface area (Å²) in [5.41, 5.74) is 6.53. The molecule has 0 aromatic heterocycles. The molecule has 0 atom stereocenters. The Morgan fingerprint density at radius 1 is 1.39 bits per heavy atom. The highest BCUT2D eigenvalue weighted by Crippen LogP contribution is 2.37. The van der Waals surface area contributed by atoms with Crippen molar-refractivity contribution in [2.45, 2.75) is 25.5 Å². The summed E-state index contributed by atoms with van der Waals surface area (Å²) < 4.78 is 16.5. The minimum Gasteiger partial charge on any atom is -0.493 e. The van der Waals surface area contributed by atoms with E-state index in [-0.39, 0.29) is 6.10 Å².